The second-order valence-corrected chi connectivity index (χ2v) is 4.60. The molecule has 20 heavy (non-hydrogen) atoms. The van der Waals surface area contributed by atoms with E-state index in [1.54, 1.807) is 6.92 Å². The van der Waals surface area contributed by atoms with Gasteiger partial charge in [0.05, 0.1) is 12.3 Å². The molecule has 104 valence electrons. The maximum Gasteiger partial charge on any atom is 0.341 e. The number of pyridine rings is 1. The summed E-state index contributed by atoms with van der Waals surface area (Å²) in [4.78, 5) is 15.7. The van der Waals surface area contributed by atoms with Gasteiger partial charge in [-0.2, -0.15) is 0 Å². The van der Waals surface area contributed by atoms with Gasteiger partial charge in [-0.25, -0.2) is 14.2 Å². The van der Waals surface area contributed by atoms with E-state index in [0.29, 0.717) is 5.69 Å². The first kappa shape index (κ1) is 14.5. The zero-order valence-electron chi connectivity index (χ0n) is 11.1. The number of hydrogen-bond acceptors (Lipinski definition) is 3. The van der Waals surface area contributed by atoms with Crippen molar-refractivity contribution in [1.82, 2.24) is 4.98 Å². The molecular weight excluding hydrogens is 281 g/mol. The highest BCUT2D eigenvalue weighted by Gasteiger charge is 2.19. The second kappa shape index (κ2) is 6.01. The smallest absolute Gasteiger partial charge is 0.341 e. The van der Waals surface area contributed by atoms with Crippen LogP contribution in [0.25, 0.3) is 11.3 Å². The van der Waals surface area contributed by atoms with Crippen molar-refractivity contribution in [3.05, 3.63) is 52.4 Å². The zero-order chi connectivity index (χ0) is 14.7. The van der Waals surface area contributed by atoms with Crippen LogP contribution in [0.5, 0.6) is 0 Å². The summed E-state index contributed by atoms with van der Waals surface area (Å²) in [7, 11) is 0. The molecule has 0 aliphatic carbocycles. The Morgan fingerprint density at radius 2 is 2.00 bits per heavy atom. The van der Waals surface area contributed by atoms with Crippen LogP contribution in [0.1, 0.15) is 22.8 Å². The Morgan fingerprint density at radius 3 is 2.60 bits per heavy atom. The Labute approximate surface area is 121 Å². The molecule has 5 heteroatoms. The summed E-state index contributed by atoms with van der Waals surface area (Å²) in [6.07, 6.45) is 0. The minimum atomic E-state index is -0.860. The highest BCUT2D eigenvalue weighted by atomic mass is 35.5. The van der Waals surface area contributed by atoms with Crippen molar-refractivity contribution < 1.29 is 13.9 Å². The molecule has 0 aliphatic rings. The summed E-state index contributed by atoms with van der Waals surface area (Å²) >= 11 is 5.75. The number of halogens is 2. The summed E-state index contributed by atoms with van der Waals surface area (Å²) in [5.74, 6) is -1.61. The molecule has 0 unspecified atom stereocenters. The van der Waals surface area contributed by atoms with Gasteiger partial charge in [-0.15, -0.1) is 0 Å². The average Bonchev–Trinajstić information content (AvgIpc) is 2.43. The minimum absolute atomic E-state index is 0.165. The van der Waals surface area contributed by atoms with Crippen LogP contribution < -0.4 is 0 Å². The van der Waals surface area contributed by atoms with Gasteiger partial charge in [0.25, 0.3) is 0 Å². The molecule has 0 atom stereocenters. The lowest BCUT2D eigenvalue weighted by molar-refractivity contribution is 0.0521. The first-order valence-electron chi connectivity index (χ1n) is 6.13. The SMILES string of the molecule is CCOC(=O)c1cc(-c2ccc(C)cc2)nc(Cl)c1F. The number of aryl methyl sites for hydroxylation is 1. The fourth-order valence-corrected chi connectivity index (χ4v) is 1.92. The van der Waals surface area contributed by atoms with Crippen molar-refractivity contribution in [2.75, 3.05) is 6.61 Å². The van der Waals surface area contributed by atoms with Crippen molar-refractivity contribution >= 4 is 17.6 Å². The van der Waals surface area contributed by atoms with E-state index in [4.69, 9.17) is 16.3 Å². The van der Waals surface area contributed by atoms with E-state index in [-0.39, 0.29) is 17.3 Å². The zero-order valence-corrected chi connectivity index (χ0v) is 11.9. The standard InChI is InChI=1S/C15H13ClFNO2/c1-3-20-15(19)11-8-12(18-14(16)13(11)17)10-6-4-9(2)5-7-10/h4-8H,3H2,1-2H3. The van der Waals surface area contributed by atoms with Crippen LogP contribution in [-0.4, -0.2) is 17.6 Å². The summed E-state index contributed by atoms with van der Waals surface area (Å²) < 4.78 is 18.6. The number of nitrogens with zero attached hydrogens (tertiary/aromatic N) is 1. The highest BCUT2D eigenvalue weighted by molar-refractivity contribution is 6.30. The van der Waals surface area contributed by atoms with Gasteiger partial charge < -0.3 is 4.74 Å². The molecule has 2 aromatic rings. The van der Waals surface area contributed by atoms with Gasteiger partial charge in [-0.3, -0.25) is 0 Å². The molecule has 1 heterocycles. The summed E-state index contributed by atoms with van der Waals surface area (Å²) in [5, 5.41) is -0.342. The van der Waals surface area contributed by atoms with Gasteiger partial charge in [0.15, 0.2) is 11.0 Å². The van der Waals surface area contributed by atoms with Crippen LogP contribution in [0.2, 0.25) is 5.15 Å². The molecule has 0 amide bonds. The van der Waals surface area contributed by atoms with Crippen LogP contribution in [0, 0.1) is 12.7 Å². The van der Waals surface area contributed by atoms with Crippen LogP contribution in [0.15, 0.2) is 30.3 Å². The highest BCUT2D eigenvalue weighted by Crippen LogP contribution is 2.25. The van der Waals surface area contributed by atoms with Crippen LogP contribution in [-0.2, 0) is 4.74 Å². The minimum Gasteiger partial charge on any atom is -0.462 e. The monoisotopic (exact) mass is 293 g/mol. The number of esters is 1. The predicted octanol–water partition coefficient (Wildman–Crippen LogP) is 4.03. The molecule has 1 aromatic carbocycles. The fourth-order valence-electron chi connectivity index (χ4n) is 1.73. The largest absolute Gasteiger partial charge is 0.462 e. The molecule has 0 spiro atoms. The molecule has 2 rings (SSSR count). The van der Waals surface area contributed by atoms with E-state index in [0.717, 1.165) is 11.1 Å². The second-order valence-electron chi connectivity index (χ2n) is 4.25. The number of aromatic nitrogens is 1. The molecule has 0 N–H and O–H groups in total. The first-order chi connectivity index (χ1) is 9.52. The molecule has 0 aliphatic heterocycles. The Morgan fingerprint density at radius 1 is 1.35 bits per heavy atom. The molecule has 0 saturated carbocycles. The van der Waals surface area contributed by atoms with Gasteiger partial charge in [-0.1, -0.05) is 41.4 Å². The van der Waals surface area contributed by atoms with E-state index in [1.807, 2.05) is 31.2 Å². The van der Waals surface area contributed by atoms with E-state index < -0.39 is 11.8 Å². The van der Waals surface area contributed by atoms with Crippen molar-refractivity contribution in [2.24, 2.45) is 0 Å². The van der Waals surface area contributed by atoms with Gasteiger partial charge in [0.1, 0.15) is 5.56 Å². The third-order valence-electron chi connectivity index (χ3n) is 2.76. The quantitative estimate of drug-likeness (QED) is 0.633. The number of rotatable bonds is 3. The maximum absolute atomic E-state index is 13.8. The van der Waals surface area contributed by atoms with Gasteiger partial charge in [0.2, 0.25) is 0 Å². The van der Waals surface area contributed by atoms with E-state index >= 15 is 0 Å². The Bertz CT molecular complexity index is 641. The molecular formula is C15H13ClFNO2. The van der Waals surface area contributed by atoms with Crippen molar-refractivity contribution in [2.45, 2.75) is 13.8 Å². The van der Waals surface area contributed by atoms with Gasteiger partial charge >= 0.3 is 5.97 Å². The van der Waals surface area contributed by atoms with Crippen molar-refractivity contribution in [1.29, 1.82) is 0 Å². The summed E-state index contributed by atoms with van der Waals surface area (Å²) in [6.45, 7) is 3.77. The summed E-state index contributed by atoms with van der Waals surface area (Å²) in [5.41, 5.74) is 2.07. The lowest BCUT2D eigenvalue weighted by atomic mass is 10.1. The van der Waals surface area contributed by atoms with Crippen LogP contribution in [0.4, 0.5) is 4.39 Å². The molecule has 0 saturated heterocycles. The van der Waals surface area contributed by atoms with Crippen LogP contribution in [0.3, 0.4) is 0 Å². The normalized spacial score (nSPS) is 10.4. The molecule has 1 aromatic heterocycles. The fraction of sp³-hybridized carbons (Fsp3) is 0.200. The molecule has 0 fully saturated rings. The number of benzene rings is 1. The third-order valence-corrected chi connectivity index (χ3v) is 3.01. The lowest BCUT2D eigenvalue weighted by Crippen LogP contribution is -2.09. The summed E-state index contributed by atoms with van der Waals surface area (Å²) in [6, 6.07) is 8.82. The molecule has 0 bridgehead atoms. The number of carbonyl (C=O) groups is 1. The van der Waals surface area contributed by atoms with E-state index in [2.05, 4.69) is 4.98 Å². The van der Waals surface area contributed by atoms with E-state index in [1.165, 1.54) is 6.07 Å². The van der Waals surface area contributed by atoms with Crippen LogP contribution >= 0.6 is 11.6 Å². The first-order valence-corrected chi connectivity index (χ1v) is 6.51. The third kappa shape index (κ3) is 2.96. The number of ether oxygens (including phenoxy) is 1. The molecule has 0 radical (unpaired) electrons. The van der Waals surface area contributed by atoms with Crippen molar-refractivity contribution in [3.8, 4) is 11.3 Å². The van der Waals surface area contributed by atoms with Crippen molar-refractivity contribution in [3.63, 3.8) is 0 Å². The van der Waals surface area contributed by atoms with Gasteiger partial charge in [-0.05, 0) is 19.9 Å². The van der Waals surface area contributed by atoms with E-state index in [9.17, 15) is 9.18 Å². The molecule has 3 nitrogen and oxygen atoms in total. The Kier molecular flexibility index (Phi) is 4.35. The number of carbonyl (C=O) groups excluding carboxylic acids is 1. The average molecular weight is 294 g/mol. The van der Waals surface area contributed by atoms with Gasteiger partial charge in [0, 0.05) is 5.56 Å². The number of hydrogen-bond donors (Lipinski definition) is 0. The lowest BCUT2D eigenvalue weighted by Gasteiger charge is -2.08. The predicted molar refractivity (Wildman–Crippen MR) is 75.3 cm³/mol. The Balaban J connectivity index is 2.50. The maximum atomic E-state index is 13.8. The topological polar surface area (TPSA) is 39.2 Å². The Hall–Kier alpha value is -1.94.